The highest BCUT2D eigenvalue weighted by molar-refractivity contribution is 5.30. The van der Waals surface area contributed by atoms with Crippen LogP contribution in [0.3, 0.4) is 0 Å². The van der Waals surface area contributed by atoms with Crippen molar-refractivity contribution in [1.29, 1.82) is 0 Å². The molecule has 4 fully saturated rings. The Morgan fingerprint density at radius 2 is 2.25 bits per heavy atom. The van der Waals surface area contributed by atoms with Gasteiger partial charge in [-0.3, -0.25) is 5.23 Å². The van der Waals surface area contributed by atoms with Gasteiger partial charge < -0.3 is 10.0 Å². The fourth-order valence-electron chi connectivity index (χ4n) is 5.84. The number of hydrogen-bond donors (Lipinski definition) is 0. The molecule has 1 heterocycles. The van der Waals surface area contributed by atoms with E-state index in [1.54, 1.807) is 5.57 Å². The van der Waals surface area contributed by atoms with E-state index in [1.165, 1.54) is 19.3 Å². The highest BCUT2D eigenvalue weighted by Crippen LogP contribution is 2.68. The number of nitrogens with zero attached hydrogens (tertiary/aromatic N) is 1. The minimum absolute atomic E-state index is 0.200. The molecule has 5 rings (SSSR count). The molecule has 86 valence electrons. The maximum Gasteiger partial charge on any atom is 0.0719 e. The number of fused-ring (bicyclic) bond motifs is 12. The lowest BCUT2D eigenvalue weighted by Gasteiger charge is -2.41. The molecule has 4 bridgehead atoms. The number of hydroxylamine groups is 2. The molecule has 3 nitrogen and oxygen atoms in total. The van der Waals surface area contributed by atoms with Crippen molar-refractivity contribution in [1.82, 2.24) is 5.23 Å². The average Bonchev–Trinajstić information content (AvgIpc) is 2.99. The second-order valence-corrected chi connectivity index (χ2v) is 6.38. The Labute approximate surface area is 95.0 Å². The van der Waals surface area contributed by atoms with E-state index in [1.807, 2.05) is 0 Å². The van der Waals surface area contributed by atoms with Gasteiger partial charge in [0.1, 0.15) is 0 Å². The summed E-state index contributed by atoms with van der Waals surface area (Å²) in [7, 11) is 0. The van der Waals surface area contributed by atoms with Gasteiger partial charge in [0.05, 0.1) is 6.61 Å². The van der Waals surface area contributed by atoms with Crippen LogP contribution < -0.4 is 0 Å². The van der Waals surface area contributed by atoms with Gasteiger partial charge in [0.2, 0.25) is 0 Å². The predicted molar refractivity (Wildman–Crippen MR) is 57.8 cm³/mol. The monoisotopic (exact) mass is 218 g/mol. The Morgan fingerprint density at radius 3 is 3.19 bits per heavy atom. The van der Waals surface area contributed by atoms with Gasteiger partial charge in [-0.2, -0.15) is 0 Å². The SMILES string of the molecule is [O-]N1OCC2C3CC(C4C5=CCC(C5)C34)C21. The quantitative estimate of drug-likeness (QED) is 0.460. The molecule has 0 aromatic rings. The van der Waals surface area contributed by atoms with Gasteiger partial charge in [0.15, 0.2) is 0 Å². The Bertz CT molecular complexity index is 393. The van der Waals surface area contributed by atoms with Crippen molar-refractivity contribution in [3.05, 3.63) is 16.9 Å². The van der Waals surface area contributed by atoms with Gasteiger partial charge in [-0.25, -0.2) is 0 Å². The second-order valence-electron chi connectivity index (χ2n) is 6.38. The molecule has 5 aliphatic rings. The molecule has 1 aliphatic heterocycles. The van der Waals surface area contributed by atoms with E-state index in [0.29, 0.717) is 18.4 Å². The van der Waals surface area contributed by atoms with Crippen molar-refractivity contribution in [3.8, 4) is 0 Å². The van der Waals surface area contributed by atoms with Crippen LogP contribution >= 0.6 is 0 Å². The first-order valence-electron chi connectivity index (χ1n) is 6.63. The summed E-state index contributed by atoms with van der Waals surface area (Å²) in [6.07, 6.45) is 6.44. The normalized spacial score (nSPS) is 61.6. The van der Waals surface area contributed by atoms with E-state index in [2.05, 4.69) is 6.08 Å². The Kier molecular flexibility index (Phi) is 1.38. The minimum Gasteiger partial charge on any atom is -0.762 e. The summed E-state index contributed by atoms with van der Waals surface area (Å²) < 4.78 is 0. The molecule has 3 heteroatoms. The number of hydrogen-bond acceptors (Lipinski definition) is 3. The van der Waals surface area contributed by atoms with Gasteiger partial charge in [-0.15, -0.1) is 0 Å². The first-order chi connectivity index (χ1) is 7.84. The summed E-state index contributed by atoms with van der Waals surface area (Å²) in [4.78, 5) is 5.22. The van der Waals surface area contributed by atoms with Crippen LogP contribution in [0.5, 0.6) is 0 Å². The molecule has 7 unspecified atom stereocenters. The molecular formula is C13H16NO2-. The Morgan fingerprint density at radius 1 is 1.31 bits per heavy atom. The van der Waals surface area contributed by atoms with E-state index in [0.717, 1.165) is 28.9 Å². The van der Waals surface area contributed by atoms with Crippen molar-refractivity contribution >= 4 is 0 Å². The summed E-state index contributed by atoms with van der Waals surface area (Å²) in [5.74, 6) is 4.59. The molecule has 4 aliphatic carbocycles. The van der Waals surface area contributed by atoms with Crippen LogP contribution in [0, 0.1) is 40.7 Å². The van der Waals surface area contributed by atoms with Crippen LogP contribution in [0.25, 0.3) is 0 Å². The van der Waals surface area contributed by atoms with E-state index >= 15 is 0 Å². The number of rotatable bonds is 0. The van der Waals surface area contributed by atoms with Crippen LogP contribution in [0.2, 0.25) is 0 Å². The molecular weight excluding hydrogens is 202 g/mol. The summed E-state index contributed by atoms with van der Waals surface area (Å²) in [5.41, 5.74) is 1.70. The molecule has 1 saturated heterocycles. The maximum absolute atomic E-state index is 11.7. The first kappa shape index (κ1) is 8.67. The smallest absolute Gasteiger partial charge is 0.0719 e. The lowest BCUT2D eigenvalue weighted by molar-refractivity contribution is -0.100. The molecule has 0 spiro atoms. The lowest BCUT2D eigenvalue weighted by Crippen LogP contribution is -2.42. The highest BCUT2D eigenvalue weighted by Gasteiger charge is 2.65. The highest BCUT2D eigenvalue weighted by atomic mass is 16.9. The van der Waals surface area contributed by atoms with E-state index in [9.17, 15) is 5.21 Å². The van der Waals surface area contributed by atoms with Crippen molar-refractivity contribution in [2.75, 3.05) is 6.61 Å². The van der Waals surface area contributed by atoms with Gasteiger partial charge in [-0.1, -0.05) is 11.6 Å². The summed E-state index contributed by atoms with van der Waals surface area (Å²) in [6.45, 7) is 0.699. The second kappa shape index (κ2) is 2.55. The summed E-state index contributed by atoms with van der Waals surface area (Å²) in [6, 6.07) is 0.200. The Hall–Kier alpha value is -0.380. The molecule has 3 saturated carbocycles. The van der Waals surface area contributed by atoms with Gasteiger partial charge >= 0.3 is 0 Å². The fourth-order valence-corrected chi connectivity index (χ4v) is 5.84. The molecule has 16 heavy (non-hydrogen) atoms. The van der Waals surface area contributed by atoms with Gasteiger partial charge in [0, 0.05) is 12.0 Å². The van der Waals surface area contributed by atoms with Crippen molar-refractivity contribution in [2.24, 2.45) is 35.5 Å². The van der Waals surface area contributed by atoms with E-state index < -0.39 is 0 Å². The average molecular weight is 218 g/mol. The topological polar surface area (TPSA) is 35.5 Å². The van der Waals surface area contributed by atoms with Crippen LogP contribution in [0.4, 0.5) is 0 Å². The van der Waals surface area contributed by atoms with E-state index in [4.69, 9.17) is 4.84 Å². The van der Waals surface area contributed by atoms with Crippen LogP contribution in [0.1, 0.15) is 19.3 Å². The first-order valence-corrected chi connectivity index (χ1v) is 6.63. The molecule has 0 aromatic carbocycles. The van der Waals surface area contributed by atoms with Crippen LogP contribution in [0.15, 0.2) is 11.6 Å². The number of allylic oxidation sites excluding steroid dienone is 2. The summed E-state index contributed by atoms with van der Waals surface area (Å²) >= 11 is 0. The van der Waals surface area contributed by atoms with Crippen LogP contribution in [-0.2, 0) is 4.84 Å². The predicted octanol–water partition coefficient (Wildman–Crippen LogP) is 1.95. The van der Waals surface area contributed by atoms with Crippen molar-refractivity contribution < 1.29 is 4.84 Å². The standard InChI is InChI=1S/C13H16NO2/c15-14-13-9-4-8(10(13)5-16-14)11-6-1-2-7(3-6)12(9)11/h2,6,8-13H,1,3-5H2/q-1. The molecule has 0 amide bonds. The minimum atomic E-state index is 0.200. The van der Waals surface area contributed by atoms with Gasteiger partial charge in [0.25, 0.3) is 0 Å². The van der Waals surface area contributed by atoms with Gasteiger partial charge in [-0.05, 0) is 48.9 Å². The Balaban J connectivity index is 1.61. The lowest BCUT2D eigenvalue weighted by atomic mass is 9.68. The van der Waals surface area contributed by atoms with Crippen molar-refractivity contribution in [2.45, 2.75) is 25.3 Å². The largest absolute Gasteiger partial charge is 0.762 e. The zero-order valence-electron chi connectivity index (χ0n) is 9.21. The third-order valence-electron chi connectivity index (χ3n) is 6.13. The third-order valence-corrected chi connectivity index (χ3v) is 6.13. The molecule has 7 atom stereocenters. The molecule has 0 N–H and O–H groups in total. The molecule has 0 aromatic heterocycles. The van der Waals surface area contributed by atoms with Crippen LogP contribution in [-0.4, -0.2) is 17.9 Å². The fraction of sp³-hybridized carbons (Fsp3) is 0.846. The van der Waals surface area contributed by atoms with E-state index in [-0.39, 0.29) is 6.04 Å². The van der Waals surface area contributed by atoms with Crippen molar-refractivity contribution in [3.63, 3.8) is 0 Å². The summed E-state index contributed by atoms with van der Waals surface area (Å²) in [5, 5.41) is 12.7. The third kappa shape index (κ3) is 0.754. The zero-order valence-corrected chi connectivity index (χ0v) is 9.21. The zero-order chi connectivity index (χ0) is 10.4. The molecule has 0 radical (unpaired) electrons. The maximum atomic E-state index is 11.7.